The highest BCUT2D eigenvalue weighted by atomic mass is 32.2. The average Bonchev–Trinajstić information content (AvgIpc) is 3.07. The molecule has 1 aliphatic heterocycles. The molecule has 0 radical (unpaired) electrons. The monoisotopic (exact) mass is 368 g/mol. The Morgan fingerprint density at radius 1 is 1.22 bits per heavy atom. The van der Waals surface area contributed by atoms with E-state index in [-0.39, 0.29) is 11.7 Å². The van der Waals surface area contributed by atoms with Crippen LogP contribution in [0.1, 0.15) is 58.8 Å². The van der Waals surface area contributed by atoms with E-state index in [0.29, 0.717) is 16.9 Å². The third-order valence-electron chi connectivity index (χ3n) is 5.61. The van der Waals surface area contributed by atoms with Gasteiger partial charge in [-0.15, -0.1) is 23.5 Å². The highest BCUT2D eigenvalue weighted by Gasteiger charge is 2.61. The molecule has 5 unspecified atom stereocenters. The van der Waals surface area contributed by atoms with Gasteiger partial charge in [-0.2, -0.15) is 13.2 Å². The van der Waals surface area contributed by atoms with Crippen molar-refractivity contribution in [1.29, 1.82) is 0 Å². The van der Waals surface area contributed by atoms with Crippen molar-refractivity contribution in [3.63, 3.8) is 0 Å². The van der Waals surface area contributed by atoms with Crippen LogP contribution in [0.15, 0.2) is 0 Å². The van der Waals surface area contributed by atoms with Crippen molar-refractivity contribution in [3.05, 3.63) is 0 Å². The number of thioether (sulfide) groups is 2. The zero-order valence-corrected chi connectivity index (χ0v) is 15.1. The molecular formula is C16H23F3O2S2. The van der Waals surface area contributed by atoms with Gasteiger partial charge in [-0.25, -0.2) is 0 Å². The van der Waals surface area contributed by atoms with Crippen LogP contribution in [0.5, 0.6) is 0 Å². The van der Waals surface area contributed by atoms with Crippen LogP contribution in [0, 0.1) is 5.41 Å². The molecule has 0 N–H and O–H groups in total. The molecule has 0 spiro atoms. The Bertz CT molecular complexity index is 484. The molecular weight excluding hydrogens is 345 g/mol. The highest BCUT2D eigenvalue weighted by Crippen LogP contribution is 2.60. The quantitative estimate of drug-likeness (QED) is 0.643. The fourth-order valence-corrected chi connectivity index (χ4v) is 7.89. The van der Waals surface area contributed by atoms with Crippen molar-refractivity contribution >= 4 is 29.5 Å². The second kappa shape index (κ2) is 6.04. The molecule has 2 nitrogen and oxygen atoms in total. The lowest BCUT2D eigenvalue weighted by Crippen LogP contribution is -2.50. The van der Waals surface area contributed by atoms with Crippen molar-refractivity contribution in [2.75, 3.05) is 0 Å². The smallest absolute Gasteiger partial charge is 0.404 e. The summed E-state index contributed by atoms with van der Waals surface area (Å²) in [5, 5.41) is 1.14. The summed E-state index contributed by atoms with van der Waals surface area (Å²) in [7, 11) is 0. The van der Waals surface area contributed by atoms with Gasteiger partial charge in [0, 0.05) is 10.5 Å². The number of rotatable bonds is 3. The molecule has 3 rings (SSSR count). The van der Waals surface area contributed by atoms with E-state index in [1.165, 1.54) is 19.8 Å². The molecule has 0 aromatic carbocycles. The molecule has 0 bridgehead atoms. The van der Waals surface area contributed by atoms with Gasteiger partial charge < -0.3 is 4.74 Å². The van der Waals surface area contributed by atoms with E-state index in [1.54, 1.807) is 11.8 Å². The first-order valence-corrected chi connectivity index (χ1v) is 10.2. The highest BCUT2D eigenvalue weighted by molar-refractivity contribution is 8.08. The van der Waals surface area contributed by atoms with E-state index < -0.39 is 22.5 Å². The van der Waals surface area contributed by atoms with Gasteiger partial charge in [-0.05, 0) is 45.4 Å². The number of hydrogen-bond donors (Lipinski definition) is 0. The van der Waals surface area contributed by atoms with Gasteiger partial charge in [-0.1, -0.05) is 13.3 Å². The molecule has 2 saturated carbocycles. The molecule has 1 heterocycles. The van der Waals surface area contributed by atoms with Crippen LogP contribution in [0.2, 0.25) is 0 Å². The lowest BCUT2D eigenvalue weighted by molar-refractivity contribution is -0.234. The SMILES string of the molecule is CCC(C)(C(=O)OC12CCCC1SC1CCCC1S2)C(F)(F)F. The fourth-order valence-electron chi connectivity index (χ4n) is 3.74. The first kappa shape index (κ1) is 17.8. The summed E-state index contributed by atoms with van der Waals surface area (Å²) in [5.41, 5.74) is -2.41. The topological polar surface area (TPSA) is 26.3 Å². The lowest BCUT2D eigenvalue weighted by atomic mass is 9.87. The maximum Gasteiger partial charge on any atom is 0.404 e. The third-order valence-corrected chi connectivity index (χ3v) is 9.63. The summed E-state index contributed by atoms with van der Waals surface area (Å²) in [4.78, 5) is 11.7. The van der Waals surface area contributed by atoms with Crippen LogP contribution in [0.25, 0.3) is 0 Å². The molecule has 7 heteroatoms. The van der Waals surface area contributed by atoms with Gasteiger partial charge in [0.2, 0.25) is 0 Å². The number of carbonyl (C=O) groups is 1. The molecule has 5 atom stereocenters. The molecule has 0 aromatic heterocycles. The Hall–Kier alpha value is -0.0400. The summed E-state index contributed by atoms with van der Waals surface area (Å²) < 4.78 is 45.7. The van der Waals surface area contributed by atoms with Crippen LogP contribution < -0.4 is 0 Å². The number of carbonyl (C=O) groups excluding carboxylic acids is 1. The number of alkyl halides is 3. The molecule has 3 fully saturated rings. The van der Waals surface area contributed by atoms with Gasteiger partial charge in [0.1, 0.15) is 0 Å². The number of fused-ring (bicyclic) bond motifs is 2. The third kappa shape index (κ3) is 2.90. The van der Waals surface area contributed by atoms with Gasteiger partial charge >= 0.3 is 12.1 Å². The van der Waals surface area contributed by atoms with Crippen molar-refractivity contribution in [1.82, 2.24) is 0 Å². The Morgan fingerprint density at radius 3 is 2.57 bits per heavy atom. The van der Waals surface area contributed by atoms with E-state index in [9.17, 15) is 18.0 Å². The summed E-state index contributed by atoms with van der Waals surface area (Å²) >= 11 is 3.51. The zero-order chi connectivity index (χ0) is 16.9. The zero-order valence-electron chi connectivity index (χ0n) is 13.4. The van der Waals surface area contributed by atoms with Crippen LogP contribution in [-0.4, -0.2) is 32.8 Å². The van der Waals surface area contributed by atoms with Gasteiger partial charge in [0.25, 0.3) is 0 Å². The van der Waals surface area contributed by atoms with Crippen LogP contribution in [-0.2, 0) is 9.53 Å². The maximum atomic E-state index is 13.4. The Balaban J connectivity index is 1.81. The first-order chi connectivity index (χ1) is 10.7. The normalized spacial score (nSPS) is 39.4. The summed E-state index contributed by atoms with van der Waals surface area (Å²) in [6, 6.07) is 0. The minimum atomic E-state index is -4.58. The average molecular weight is 368 g/mol. The predicted octanol–water partition coefficient (Wildman–Crippen LogP) is 5.16. The largest absolute Gasteiger partial charge is 0.446 e. The van der Waals surface area contributed by atoms with Crippen molar-refractivity contribution < 1.29 is 22.7 Å². The van der Waals surface area contributed by atoms with Crippen molar-refractivity contribution in [2.24, 2.45) is 5.41 Å². The summed E-state index contributed by atoms with van der Waals surface area (Å²) in [6.45, 7) is 2.36. The van der Waals surface area contributed by atoms with Crippen LogP contribution in [0.3, 0.4) is 0 Å². The fraction of sp³-hybridized carbons (Fsp3) is 0.938. The molecule has 132 valence electrons. The van der Waals surface area contributed by atoms with Gasteiger partial charge in [0.15, 0.2) is 10.3 Å². The summed E-state index contributed by atoms with van der Waals surface area (Å²) in [6.07, 6.45) is 1.10. The molecule has 2 aliphatic carbocycles. The van der Waals surface area contributed by atoms with Gasteiger partial charge in [0.05, 0.1) is 5.25 Å². The van der Waals surface area contributed by atoms with E-state index in [1.807, 2.05) is 11.8 Å². The number of hydrogen-bond acceptors (Lipinski definition) is 4. The van der Waals surface area contributed by atoms with Crippen LogP contribution in [0.4, 0.5) is 13.2 Å². The Labute approximate surface area is 143 Å². The minimum Gasteiger partial charge on any atom is -0.446 e. The second-order valence-corrected chi connectivity index (χ2v) is 10.0. The minimum absolute atomic E-state index is 0.144. The Kier molecular flexibility index (Phi) is 4.67. The predicted molar refractivity (Wildman–Crippen MR) is 87.5 cm³/mol. The molecule has 0 aromatic rings. The van der Waals surface area contributed by atoms with Crippen molar-refractivity contribution in [2.45, 2.75) is 85.7 Å². The second-order valence-electron chi connectivity index (χ2n) is 7.03. The van der Waals surface area contributed by atoms with E-state index >= 15 is 0 Å². The molecule has 23 heavy (non-hydrogen) atoms. The molecule has 3 aliphatic rings. The molecule has 0 amide bonds. The maximum absolute atomic E-state index is 13.4. The number of halogens is 3. The summed E-state index contributed by atoms with van der Waals surface area (Å²) in [5.74, 6) is -1.09. The first-order valence-electron chi connectivity index (χ1n) is 8.35. The van der Waals surface area contributed by atoms with E-state index in [0.717, 1.165) is 26.2 Å². The molecule has 1 saturated heterocycles. The van der Waals surface area contributed by atoms with Crippen LogP contribution >= 0.6 is 23.5 Å². The van der Waals surface area contributed by atoms with E-state index in [4.69, 9.17) is 4.74 Å². The lowest BCUT2D eigenvalue weighted by Gasteiger charge is -2.44. The van der Waals surface area contributed by atoms with E-state index in [2.05, 4.69) is 0 Å². The van der Waals surface area contributed by atoms with Gasteiger partial charge in [-0.3, -0.25) is 4.79 Å². The Morgan fingerprint density at radius 2 is 1.91 bits per heavy atom. The number of esters is 1. The standard InChI is InChI=1S/C16H23F3O2S2/c1-3-14(2,16(17,18)19)13(20)21-15-9-5-8-12(15)22-10-6-4-7-11(10)23-15/h10-12H,3-9H2,1-2H3. The number of ether oxygens (including phenoxy) is 1. The van der Waals surface area contributed by atoms with Crippen molar-refractivity contribution in [3.8, 4) is 0 Å².